The molecule has 1 saturated heterocycles. The number of thiazole rings is 1. The van der Waals surface area contributed by atoms with E-state index in [1.807, 2.05) is 25.1 Å². The minimum Gasteiger partial charge on any atom is -0.508 e. The van der Waals surface area contributed by atoms with E-state index in [-0.39, 0.29) is 32.7 Å². The molecule has 1 aromatic heterocycles. The molecule has 1 fully saturated rings. The number of rotatable bonds is 5. The number of carbonyl (C=O) groups excluding carboxylic acids is 2. The molecule has 188 valence electrons. The molecule has 0 bridgehead atoms. The first kappa shape index (κ1) is 25.1. The lowest BCUT2D eigenvalue weighted by molar-refractivity contribution is -0.132. The van der Waals surface area contributed by atoms with E-state index >= 15 is 0 Å². The number of ether oxygens (including phenoxy) is 1. The van der Waals surface area contributed by atoms with Crippen LogP contribution in [0.25, 0.3) is 16.0 Å². The molecule has 37 heavy (non-hydrogen) atoms. The third-order valence-corrected chi connectivity index (χ3v) is 7.69. The van der Waals surface area contributed by atoms with Crippen LogP contribution in [0.5, 0.6) is 11.5 Å². The van der Waals surface area contributed by atoms with E-state index in [0.29, 0.717) is 16.2 Å². The van der Waals surface area contributed by atoms with Crippen LogP contribution >= 0.6 is 34.5 Å². The Bertz CT molecular complexity index is 1600. The number of hydrogen-bond donors (Lipinski definition) is 2. The van der Waals surface area contributed by atoms with Crippen molar-refractivity contribution in [2.24, 2.45) is 0 Å². The summed E-state index contributed by atoms with van der Waals surface area (Å²) in [4.78, 5) is 32.8. The Balaban J connectivity index is 1.76. The lowest BCUT2D eigenvalue weighted by atomic mass is 9.95. The van der Waals surface area contributed by atoms with Crippen molar-refractivity contribution in [3.8, 4) is 11.5 Å². The van der Waals surface area contributed by atoms with Gasteiger partial charge in [0.05, 0.1) is 39.5 Å². The highest BCUT2D eigenvalue weighted by Gasteiger charge is 2.48. The number of aryl methyl sites for hydroxylation is 1. The molecule has 4 aromatic rings. The first-order chi connectivity index (χ1) is 17.7. The number of fused-ring (bicyclic) bond motifs is 1. The van der Waals surface area contributed by atoms with E-state index in [2.05, 4.69) is 4.98 Å². The third-order valence-electron chi connectivity index (χ3n) is 6.18. The normalized spacial score (nSPS) is 17.1. The standard InChI is InChI=1S/C27H20Cl2N2O5S/c1-3-13-4-9-19-20(10-13)37-27(30-19)31-22(14-5-7-16(32)8-6-14)21(24(34)26(31)35)23(33)17-11-15(28)12-18(29)25(17)36-2/h4-12,22,32-33H,3H2,1-2H3/b23-21+. The van der Waals surface area contributed by atoms with E-state index in [1.165, 1.54) is 47.6 Å². The Hall–Kier alpha value is -3.59. The fraction of sp³-hybridized carbons (Fsp3) is 0.148. The highest BCUT2D eigenvalue weighted by Crippen LogP contribution is 2.46. The third kappa shape index (κ3) is 4.31. The van der Waals surface area contributed by atoms with Crippen molar-refractivity contribution in [1.82, 2.24) is 4.98 Å². The van der Waals surface area contributed by atoms with E-state index in [4.69, 9.17) is 27.9 Å². The molecule has 0 aliphatic carbocycles. The van der Waals surface area contributed by atoms with Gasteiger partial charge in [0.25, 0.3) is 5.78 Å². The molecule has 2 N–H and O–H groups in total. The van der Waals surface area contributed by atoms with Gasteiger partial charge in [0.15, 0.2) is 5.13 Å². The van der Waals surface area contributed by atoms with Crippen molar-refractivity contribution in [1.29, 1.82) is 0 Å². The second-order valence-corrected chi connectivity index (χ2v) is 10.2. The molecule has 1 amide bonds. The van der Waals surface area contributed by atoms with Gasteiger partial charge in [-0.3, -0.25) is 14.5 Å². The molecular weight excluding hydrogens is 535 g/mol. The number of benzene rings is 3. The maximum absolute atomic E-state index is 13.5. The zero-order valence-electron chi connectivity index (χ0n) is 19.7. The van der Waals surface area contributed by atoms with Crippen molar-refractivity contribution >= 4 is 67.3 Å². The second-order valence-electron chi connectivity index (χ2n) is 8.38. The number of aliphatic hydroxyl groups excluding tert-OH is 1. The number of methoxy groups -OCH3 is 1. The van der Waals surface area contributed by atoms with Crippen LogP contribution in [0.3, 0.4) is 0 Å². The van der Waals surface area contributed by atoms with Crippen molar-refractivity contribution in [2.75, 3.05) is 12.0 Å². The van der Waals surface area contributed by atoms with E-state index < -0.39 is 23.5 Å². The quantitative estimate of drug-likeness (QED) is 0.166. The molecule has 0 radical (unpaired) electrons. The summed E-state index contributed by atoms with van der Waals surface area (Å²) in [6.45, 7) is 2.04. The molecule has 5 rings (SSSR count). The van der Waals surface area contributed by atoms with Gasteiger partial charge in [0.2, 0.25) is 0 Å². The fourth-order valence-corrected chi connectivity index (χ4v) is 6.00. The zero-order chi connectivity index (χ0) is 26.4. The molecule has 1 atom stereocenters. The van der Waals surface area contributed by atoms with Crippen LogP contribution in [0, 0.1) is 0 Å². The molecule has 10 heteroatoms. The number of aromatic nitrogens is 1. The lowest BCUT2D eigenvalue weighted by Crippen LogP contribution is -2.29. The Labute approximate surface area is 226 Å². The number of phenols is 1. The minimum absolute atomic E-state index is 0.0103. The number of hydrogen-bond acceptors (Lipinski definition) is 7. The van der Waals surface area contributed by atoms with Crippen LogP contribution < -0.4 is 9.64 Å². The Morgan fingerprint density at radius 2 is 1.84 bits per heavy atom. The summed E-state index contributed by atoms with van der Waals surface area (Å²) in [6.07, 6.45) is 0.839. The topological polar surface area (TPSA) is 100.0 Å². The lowest BCUT2D eigenvalue weighted by Gasteiger charge is -2.23. The van der Waals surface area contributed by atoms with Gasteiger partial charge in [-0.1, -0.05) is 59.7 Å². The van der Waals surface area contributed by atoms with E-state index in [0.717, 1.165) is 16.7 Å². The molecule has 0 saturated carbocycles. The number of amides is 1. The first-order valence-corrected chi connectivity index (χ1v) is 12.8. The van der Waals surface area contributed by atoms with Crippen LogP contribution in [0.1, 0.15) is 29.7 Å². The molecule has 3 aromatic carbocycles. The van der Waals surface area contributed by atoms with Gasteiger partial charge in [-0.15, -0.1) is 0 Å². The van der Waals surface area contributed by atoms with Gasteiger partial charge >= 0.3 is 5.91 Å². The molecule has 1 unspecified atom stereocenters. The van der Waals surface area contributed by atoms with Crippen LogP contribution in [-0.2, 0) is 16.0 Å². The summed E-state index contributed by atoms with van der Waals surface area (Å²) in [7, 11) is 1.37. The largest absolute Gasteiger partial charge is 0.508 e. The monoisotopic (exact) mass is 554 g/mol. The Morgan fingerprint density at radius 3 is 2.51 bits per heavy atom. The second kappa shape index (κ2) is 9.70. The highest BCUT2D eigenvalue weighted by atomic mass is 35.5. The predicted octanol–water partition coefficient (Wildman–Crippen LogP) is 6.51. The van der Waals surface area contributed by atoms with E-state index in [1.54, 1.807) is 12.1 Å². The van der Waals surface area contributed by atoms with Gasteiger partial charge in [-0.2, -0.15) is 0 Å². The number of phenolic OH excluding ortho intramolecular Hbond substituents is 1. The average molecular weight is 555 g/mol. The zero-order valence-corrected chi connectivity index (χ0v) is 22.0. The summed E-state index contributed by atoms with van der Waals surface area (Å²) in [5.74, 6) is -2.12. The summed E-state index contributed by atoms with van der Waals surface area (Å²) < 4.78 is 6.23. The molecule has 0 spiro atoms. The van der Waals surface area contributed by atoms with Crippen molar-refractivity contribution in [2.45, 2.75) is 19.4 Å². The molecule has 2 heterocycles. The number of aromatic hydroxyl groups is 1. The van der Waals surface area contributed by atoms with Crippen LogP contribution in [0.2, 0.25) is 10.0 Å². The highest BCUT2D eigenvalue weighted by molar-refractivity contribution is 7.22. The first-order valence-electron chi connectivity index (χ1n) is 11.3. The van der Waals surface area contributed by atoms with Crippen LogP contribution in [0.4, 0.5) is 5.13 Å². The number of anilines is 1. The van der Waals surface area contributed by atoms with Crippen LogP contribution in [0.15, 0.2) is 60.2 Å². The minimum atomic E-state index is -1.03. The molecule has 1 aliphatic rings. The fourth-order valence-electron chi connectivity index (χ4n) is 4.37. The maximum atomic E-state index is 13.5. The van der Waals surface area contributed by atoms with Gasteiger partial charge in [-0.25, -0.2) is 4.98 Å². The SMILES string of the molecule is CCc1ccc2nc(N3C(=O)C(=O)/C(=C(/O)c4cc(Cl)cc(Cl)c4OC)C3c3ccc(O)cc3)sc2c1. The number of Topliss-reactive ketones (excluding diaryl/α,β-unsaturated/α-hetero) is 1. The summed E-state index contributed by atoms with van der Waals surface area (Å²) >= 11 is 13.7. The summed E-state index contributed by atoms with van der Waals surface area (Å²) in [6, 6.07) is 13.7. The average Bonchev–Trinajstić information content (AvgIpc) is 3.41. The van der Waals surface area contributed by atoms with Gasteiger partial charge < -0.3 is 14.9 Å². The van der Waals surface area contributed by atoms with Gasteiger partial charge in [0.1, 0.15) is 17.3 Å². The van der Waals surface area contributed by atoms with E-state index in [9.17, 15) is 19.8 Å². The van der Waals surface area contributed by atoms with Crippen molar-refractivity contribution in [3.63, 3.8) is 0 Å². The van der Waals surface area contributed by atoms with Gasteiger partial charge in [0, 0.05) is 5.02 Å². The summed E-state index contributed by atoms with van der Waals surface area (Å²) in [5.41, 5.74) is 2.18. The summed E-state index contributed by atoms with van der Waals surface area (Å²) in [5, 5.41) is 21.9. The number of nitrogens with zero attached hydrogens (tertiary/aromatic N) is 2. The van der Waals surface area contributed by atoms with Gasteiger partial charge in [-0.05, 0) is 53.9 Å². The molecule has 7 nitrogen and oxygen atoms in total. The number of ketones is 1. The van der Waals surface area contributed by atoms with Crippen LogP contribution in [-0.4, -0.2) is 34.0 Å². The maximum Gasteiger partial charge on any atom is 0.301 e. The number of halogens is 2. The molecular formula is C27H20Cl2N2O5S. The van der Waals surface area contributed by atoms with Crippen molar-refractivity contribution < 1.29 is 24.5 Å². The number of aliphatic hydroxyl groups is 1. The predicted molar refractivity (Wildman–Crippen MR) is 145 cm³/mol. The van der Waals surface area contributed by atoms with Crippen molar-refractivity contribution in [3.05, 3.63) is 86.9 Å². The number of carbonyl (C=O) groups is 2. The Kier molecular flexibility index (Phi) is 6.58. The smallest absolute Gasteiger partial charge is 0.301 e. The Morgan fingerprint density at radius 1 is 1.11 bits per heavy atom. The molecule has 1 aliphatic heterocycles.